The van der Waals surface area contributed by atoms with E-state index in [-0.39, 0.29) is 0 Å². The number of hydrogen-bond acceptors (Lipinski definition) is 3. The first-order chi connectivity index (χ1) is 14.1. The maximum atomic E-state index is 4.64. The molecular weight excluding hydrogens is 426 g/mol. The maximum absolute atomic E-state index is 4.64. The predicted octanol–water partition coefficient (Wildman–Crippen LogP) is 3.80. The van der Waals surface area contributed by atoms with Gasteiger partial charge in [0.2, 0.25) is 0 Å². The molecule has 0 spiro atoms. The summed E-state index contributed by atoms with van der Waals surface area (Å²) in [5.41, 5.74) is 4.26. The van der Waals surface area contributed by atoms with E-state index in [9.17, 15) is 0 Å². The maximum Gasteiger partial charge on any atom is 0.150 e. The molecule has 0 atom stereocenters. The summed E-state index contributed by atoms with van der Waals surface area (Å²) in [6.45, 7) is 2.00. The second-order valence-electron chi connectivity index (χ2n) is 7.41. The molecule has 0 aliphatic rings. The van der Waals surface area contributed by atoms with E-state index in [2.05, 4.69) is 92.5 Å². The lowest BCUT2D eigenvalue weighted by atomic mass is 10.1. The summed E-state index contributed by atoms with van der Waals surface area (Å²) in [5.74, 6) is 0.887. The quantitative estimate of drug-likeness (QED) is 0.421. The Labute approximate surface area is 179 Å². The molecule has 0 amide bonds. The third-order valence-electron chi connectivity index (χ3n) is 4.92. The molecule has 2 N–H and O–H groups in total. The highest BCUT2D eigenvalue weighted by Gasteiger charge is 2.17. The van der Waals surface area contributed by atoms with Crippen LogP contribution in [0.5, 0.6) is 0 Å². The fraction of sp³-hybridized carbons (Fsp3) is 0.217. The van der Waals surface area contributed by atoms with Crippen molar-refractivity contribution < 1.29 is 4.90 Å². The number of halogens is 1. The second kappa shape index (κ2) is 8.76. The highest BCUT2D eigenvalue weighted by atomic mass is 79.9. The van der Waals surface area contributed by atoms with Crippen LogP contribution in [0.1, 0.15) is 6.42 Å². The van der Waals surface area contributed by atoms with E-state index in [0.717, 1.165) is 57.6 Å². The van der Waals surface area contributed by atoms with Crippen LogP contribution in [0.2, 0.25) is 0 Å². The molecule has 29 heavy (non-hydrogen) atoms. The largest absolute Gasteiger partial charge is 0.369 e. The van der Waals surface area contributed by atoms with Gasteiger partial charge in [0, 0.05) is 34.9 Å². The van der Waals surface area contributed by atoms with Crippen molar-refractivity contribution >= 4 is 32.8 Å². The molecule has 0 aliphatic heterocycles. The molecule has 4 aromatic rings. The Balaban J connectivity index is 1.81. The van der Waals surface area contributed by atoms with Crippen molar-refractivity contribution in [1.29, 1.82) is 0 Å². The van der Waals surface area contributed by atoms with Crippen LogP contribution >= 0.6 is 15.9 Å². The Hall–Kier alpha value is -2.70. The molecule has 0 fully saturated rings. The summed E-state index contributed by atoms with van der Waals surface area (Å²) in [7, 11) is 4.35. The molecular formula is C23H25BrN5+. The van der Waals surface area contributed by atoms with Crippen LogP contribution in [0.15, 0.2) is 71.6 Å². The number of quaternary nitrogens is 1. The summed E-state index contributed by atoms with van der Waals surface area (Å²) in [6, 6.07) is 18.7. The average molecular weight is 451 g/mol. The SMILES string of the molecule is C[NH+](C)CCCNc1ncnc2c1c(-c1ccccc1)cn2-c1ccc(Br)cc1. The minimum atomic E-state index is 0.884. The topological polar surface area (TPSA) is 47.2 Å². The first kappa shape index (κ1) is 19.6. The van der Waals surface area contributed by atoms with Gasteiger partial charge < -0.3 is 14.8 Å². The van der Waals surface area contributed by atoms with E-state index >= 15 is 0 Å². The highest BCUT2D eigenvalue weighted by Crippen LogP contribution is 2.35. The number of nitrogens with one attached hydrogen (secondary N) is 2. The van der Waals surface area contributed by atoms with Crippen molar-refractivity contribution in [3.63, 3.8) is 0 Å². The molecule has 0 saturated carbocycles. The molecule has 2 heterocycles. The normalized spacial score (nSPS) is 11.3. The van der Waals surface area contributed by atoms with Crippen LogP contribution in [0, 0.1) is 0 Å². The Morgan fingerprint density at radius 3 is 2.48 bits per heavy atom. The number of nitrogens with zero attached hydrogens (tertiary/aromatic N) is 3. The molecule has 6 heteroatoms. The van der Waals surface area contributed by atoms with E-state index in [0.29, 0.717) is 0 Å². The number of benzene rings is 2. The van der Waals surface area contributed by atoms with Crippen molar-refractivity contribution in [3.8, 4) is 16.8 Å². The zero-order chi connectivity index (χ0) is 20.2. The van der Waals surface area contributed by atoms with Crippen LogP contribution in [0.25, 0.3) is 27.8 Å². The molecule has 0 radical (unpaired) electrons. The van der Waals surface area contributed by atoms with Crippen LogP contribution in [0.4, 0.5) is 5.82 Å². The van der Waals surface area contributed by atoms with Gasteiger partial charge in [-0.15, -0.1) is 0 Å². The zero-order valence-corrected chi connectivity index (χ0v) is 18.3. The van der Waals surface area contributed by atoms with E-state index in [1.54, 1.807) is 6.33 Å². The van der Waals surface area contributed by atoms with Gasteiger partial charge in [0.25, 0.3) is 0 Å². The van der Waals surface area contributed by atoms with E-state index in [4.69, 9.17) is 0 Å². The van der Waals surface area contributed by atoms with Gasteiger partial charge in [-0.2, -0.15) is 0 Å². The van der Waals surface area contributed by atoms with Gasteiger partial charge in [-0.1, -0.05) is 46.3 Å². The standard InChI is InChI=1S/C23H24BrN5/c1-28(2)14-6-13-25-22-21-20(17-7-4-3-5-8-17)15-29(23(21)27-16-26-22)19-11-9-18(24)10-12-19/h3-5,7-12,15-16H,6,13-14H2,1-2H3,(H,25,26,27)/p+1. The predicted molar refractivity (Wildman–Crippen MR) is 123 cm³/mol. The molecule has 2 aromatic heterocycles. The molecule has 2 aromatic carbocycles. The monoisotopic (exact) mass is 450 g/mol. The third kappa shape index (κ3) is 4.33. The summed E-state index contributed by atoms with van der Waals surface area (Å²) < 4.78 is 3.20. The van der Waals surface area contributed by atoms with Gasteiger partial charge in [-0.05, 0) is 29.8 Å². The fourth-order valence-electron chi connectivity index (χ4n) is 3.48. The van der Waals surface area contributed by atoms with Gasteiger partial charge >= 0.3 is 0 Å². The minimum absolute atomic E-state index is 0.884. The molecule has 4 rings (SSSR count). The Morgan fingerprint density at radius 2 is 1.76 bits per heavy atom. The van der Waals surface area contributed by atoms with E-state index in [1.807, 2.05) is 18.2 Å². The highest BCUT2D eigenvalue weighted by molar-refractivity contribution is 9.10. The Morgan fingerprint density at radius 1 is 1.00 bits per heavy atom. The molecule has 0 aliphatic carbocycles. The van der Waals surface area contributed by atoms with Gasteiger partial charge in [-0.3, -0.25) is 0 Å². The summed E-state index contributed by atoms with van der Waals surface area (Å²) in [6.07, 6.45) is 4.89. The van der Waals surface area contributed by atoms with Crippen LogP contribution in [-0.2, 0) is 0 Å². The first-order valence-electron chi connectivity index (χ1n) is 9.84. The molecule has 148 valence electrons. The lowest BCUT2D eigenvalue weighted by Gasteiger charge is -2.10. The van der Waals surface area contributed by atoms with Crippen molar-refractivity contribution in [2.45, 2.75) is 6.42 Å². The summed E-state index contributed by atoms with van der Waals surface area (Å²) in [5, 5.41) is 4.60. The zero-order valence-electron chi connectivity index (χ0n) is 16.7. The second-order valence-corrected chi connectivity index (χ2v) is 8.33. The third-order valence-corrected chi connectivity index (χ3v) is 5.45. The number of aromatic nitrogens is 3. The molecule has 0 unspecified atom stereocenters. The van der Waals surface area contributed by atoms with Gasteiger partial charge in [0.1, 0.15) is 12.1 Å². The smallest absolute Gasteiger partial charge is 0.150 e. The van der Waals surface area contributed by atoms with E-state index < -0.39 is 0 Å². The number of anilines is 1. The van der Waals surface area contributed by atoms with Crippen molar-refractivity contribution in [2.24, 2.45) is 0 Å². The number of fused-ring (bicyclic) bond motifs is 1. The molecule has 0 saturated heterocycles. The molecule has 0 bridgehead atoms. The average Bonchev–Trinajstić information content (AvgIpc) is 3.13. The van der Waals surface area contributed by atoms with Crippen LogP contribution < -0.4 is 10.2 Å². The van der Waals surface area contributed by atoms with Crippen molar-refractivity contribution in [3.05, 3.63) is 71.6 Å². The lowest BCUT2D eigenvalue weighted by Crippen LogP contribution is -3.05. The van der Waals surface area contributed by atoms with Crippen molar-refractivity contribution in [1.82, 2.24) is 14.5 Å². The van der Waals surface area contributed by atoms with Crippen LogP contribution in [-0.4, -0.2) is 41.7 Å². The van der Waals surface area contributed by atoms with Gasteiger partial charge in [0.05, 0.1) is 26.0 Å². The molecule has 5 nitrogen and oxygen atoms in total. The Kier molecular flexibility index (Phi) is 5.92. The number of rotatable bonds is 7. The number of hydrogen-bond donors (Lipinski definition) is 2. The first-order valence-corrected chi connectivity index (χ1v) is 10.6. The minimum Gasteiger partial charge on any atom is -0.369 e. The summed E-state index contributed by atoms with van der Waals surface area (Å²) in [4.78, 5) is 10.7. The lowest BCUT2D eigenvalue weighted by molar-refractivity contribution is -0.858. The van der Waals surface area contributed by atoms with Gasteiger partial charge in [0.15, 0.2) is 5.65 Å². The Bertz CT molecular complexity index is 1090. The van der Waals surface area contributed by atoms with E-state index in [1.165, 1.54) is 4.90 Å². The van der Waals surface area contributed by atoms with Crippen molar-refractivity contribution in [2.75, 3.05) is 32.5 Å². The fourth-order valence-corrected chi connectivity index (χ4v) is 3.74. The van der Waals surface area contributed by atoms with Crippen LogP contribution in [0.3, 0.4) is 0 Å². The van der Waals surface area contributed by atoms with Gasteiger partial charge in [-0.25, -0.2) is 9.97 Å². The summed E-state index contributed by atoms with van der Waals surface area (Å²) >= 11 is 3.52.